The molecule has 3 rings (SSSR count). The average Bonchev–Trinajstić information content (AvgIpc) is 2.76. The van der Waals surface area contributed by atoms with Gasteiger partial charge >= 0.3 is 0 Å². The number of rotatable bonds is 2. The van der Waals surface area contributed by atoms with Crippen LogP contribution in [0.15, 0.2) is 6.33 Å². The van der Waals surface area contributed by atoms with Gasteiger partial charge in [0.1, 0.15) is 0 Å². The topological polar surface area (TPSA) is 44.0 Å². The fraction of sp³-hybridized carbons (Fsp3) is 0.750. The molecule has 1 fully saturated rings. The van der Waals surface area contributed by atoms with Crippen LogP contribution in [-0.4, -0.2) is 51.5 Å². The minimum atomic E-state index is 0.570. The van der Waals surface area contributed by atoms with Crippen LogP contribution in [0.3, 0.4) is 0 Å². The molecule has 3 heterocycles. The molecule has 94 valence electrons. The van der Waals surface area contributed by atoms with E-state index < -0.39 is 0 Å². The number of nitrogens with zero attached hydrogens (tertiary/aromatic N) is 2. The van der Waals surface area contributed by atoms with E-state index in [1.807, 2.05) is 6.33 Å². The van der Waals surface area contributed by atoms with Crippen molar-refractivity contribution in [3.8, 4) is 0 Å². The molecule has 2 aliphatic heterocycles. The Morgan fingerprint density at radius 3 is 3.41 bits per heavy atom. The monoisotopic (exact) mass is 252 g/mol. The van der Waals surface area contributed by atoms with Crippen LogP contribution in [0.25, 0.3) is 0 Å². The fourth-order valence-electron chi connectivity index (χ4n) is 2.73. The van der Waals surface area contributed by atoms with Crippen LogP contribution in [0.5, 0.6) is 0 Å². The Kier molecular flexibility index (Phi) is 3.40. The summed E-state index contributed by atoms with van der Waals surface area (Å²) >= 11 is 2.09. The molecule has 0 radical (unpaired) electrons. The normalized spacial score (nSPS) is 30.2. The second-order valence-corrected chi connectivity index (χ2v) is 6.60. The minimum absolute atomic E-state index is 0.570. The fourth-order valence-corrected chi connectivity index (χ4v) is 3.81. The third kappa shape index (κ3) is 2.67. The highest BCUT2D eigenvalue weighted by molar-refractivity contribution is 7.99. The van der Waals surface area contributed by atoms with Crippen molar-refractivity contribution in [1.82, 2.24) is 20.2 Å². The molecule has 1 aromatic heterocycles. The summed E-state index contributed by atoms with van der Waals surface area (Å²) in [7, 11) is 0. The summed E-state index contributed by atoms with van der Waals surface area (Å²) in [4.78, 5) is 10.2. The SMILES string of the molecule is CC1CN(CC2Cc3nc[nH]c3CN2)CCS1. The maximum atomic E-state index is 4.40. The Bertz CT molecular complexity index is 378. The Morgan fingerprint density at radius 1 is 1.59 bits per heavy atom. The highest BCUT2D eigenvalue weighted by atomic mass is 32.2. The molecule has 17 heavy (non-hydrogen) atoms. The summed E-state index contributed by atoms with van der Waals surface area (Å²) in [6, 6.07) is 0.570. The Hall–Kier alpha value is -0.520. The van der Waals surface area contributed by atoms with Gasteiger partial charge in [0.15, 0.2) is 0 Å². The van der Waals surface area contributed by atoms with Gasteiger partial charge in [-0.05, 0) is 0 Å². The minimum Gasteiger partial charge on any atom is -0.347 e. The molecule has 1 aromatic rings. The summed E-state index contributed by atoms with van der Waals surface area (Å²) in [5.74, 6) is 1.28. The molecule has 5 heteroatoms. The van der Waals surface area contributed by atoms with E-state index in [4.69, 9.17) is 0 Å². The van der Waals surface area contributed by atoms with Gasteiger partial charge in [-0.2, -0.15) is 11.8 Å². The van der Waals surface area contributed by atoms with E-state index in [1.165, 1.54) is 30.2 Å². The molecule has 4 nitrogen and oxygen atoms in total. The molecular formula is C12H20N4S. The molecule has 2 unspecified atom stereocenters. The molecular weight excluding hydrogens is 232 g/mol. The highest BCUT2D eigenvalue weighted by Crippen LogP contribution is 2.19. The quantitative estimate of drug-likeness (QED) is 0.819. The van der Waals surface area contributed by atoms with Crippen LogP contribution in [0.1, 0.15) is 18.3 Å². The molecule has 0 aromatic carbocycles. The molecule has 0 spiro atoms. The highest BCUT2D eigenvalue weighted by Gasteiger charge is 2.24. The number of aromatic amines is 1. The largest absolute Gasteiger partial charge is 0.347 e. The van der Waals surface area contributed by atoms with Crippen molar-refractivity contribution in [2.45, 2.75) is 31.2 Å². The molecule has 2 aliphatic rings. The molecule has 0 amide bonds. The van der Waals surface area contributed by atoms with Crippen LogP contribution in [0.4, 0.5) is 0 Å². The van der Waals surface area contributed by atoms with Gasteiger partial charge in [0.2, 0.25) is 0 Å². The van der Waals surface area contributed by atoms with E-state index in [-0.39, 0.29) is 0 Å². The first-order valence-corrected chi connectivity index (χ1v) is 7.44. The predicted octanol–water partition coefficient (Wildman–Crippen LogP) is 0.861. The van der Waals surface area contributed by atoms with E-state index in [0.717, 1.165) is 24.8 Å². The van der Waals surface area contributed by atoms with Gasteiger partial charge in [-0.1, -0.05) is 6.92 Å². The molecule has 1 saturated heterocycles. The Balaban J connectivity index is 1.56. The second-order valence-electron chi connectivity index (χ2n) is 5.05. The lowest BCUT2D eigenvalue weighted by atomic mass is 10.0. The summed E-state index contributed by atoms with van der Waals surface area (Å²) in [5.41, 5.74) is 2.53. The van der Waals surface area contributed by atoms with E-state index in [0.29, 0.717) is 6.04 Å². The molecule has 0 saturated carbocycles. The second kappa shape index (κ2) is 5.00. The average molecular weight is 252 g/mol. The number of imidazole rings is 1. The lowest BCUT2D eigenvalue weighted by molar-refractivity contribution is 0.244. The third-order valence-electron chi connectivity index (χ3n) is 3.62. The number of hydrogen-bond acceptors (Lipinski definition) is 4. The zero-order chi connectivity index (χ0) is 11.7. The van der Waals surface area contributed by atoms with Crippen LogP contribution >= 0.6 is 11.8 Å². The maximum Gasteiger partial charge on any atom is 0.0925 e. The first-order chi connectivity index (χ1) is 8.31. The van der Waals surface area contributed by atoms with Crippen molar-refractivity contribution in [3.63, 3.8) is 0 Å². The lowest BCUT2D eigenvalue weighted by Gasteiger charge is -2.34. The smallest absolute Gasteiger partial charge is 0.0925 e. The number of H-pyrrole nitrogens is 1. The van der Waals surface area contributed by atoms with Crippen LogP contribution in [0, 0.1) is 0 Å². The summed E-state index contributed by atoms with van der Waals surface area (Å²) in [6.45, 7) is 6.91. The van der Waals surface area contributed by atoms with Crippen molar-refractivity contribution in [2.75, 3.05) is 25.4 Å². The summed E-state index contributed by atoms with van der Waals surface area (Å²) < 4.78 is 0. The maximum absolute atomic E-state index is 4.40. The van der Waals surface area contributed by atoms with Crippen molar-refractivity contribution < 1.29 is 0 Å². The van der Waals surface area contributed by atoms with Crippen molar-refractivity contribution in [3.05, 3.63) is 17.7 Å². The number of thioether (sulfide) groups is 1. The van der Waals surface area contributed by atoms with Crippen molar-refractivity contribution in [1.29, 1.82) is 0 Å². The van der Waals surface area contributed by atoms with Gasteiger partial charge in [-0.25, -0.2) is 4.98 Å². The summed E-state index contributed by atoms with van der Waals surface area (Å²) in [6.07, 6.45) is 2.88. The van der Waals surface area contributed by atoms with Crippen LogP contribution in [-0.2, 0) is 13.0 Å². The Labute approximate surface area is 107 Å². The van der Waals surface area contributed by atoms with Crippen LogP contribution in [0.2, 0.25) is 0 Å². The van der Waals surface area contributed by atoms with Crippen LogP contribution < -0.4 is 5.32 Å². The van der Waals surface area contributed by atoms with Crippen molar-refractivity contribution in [2.24, 2.45) is 0 Å². The van der Waals surface area contributed by atoms with E-state index in [9.17, 15) is 0 Å². The lowest BCUT2D eigenvalue weighted by Crippen LogP contribution is -2.48. The van der Waals surface area contributed by atoms with E-state index in [2.05, 4.69) is 38.9 Å². The first-order valence-electron chi connectivity index (χ1n) is 6.39. The number of fused-ring (bicyclic) bond motifs is 1. The van der Waals surface area contributed by atoms with Crippen molar-refractivity contribution >= 4 is 11.8 Å². The zero-order valence-electron chi connectivity index (χ0n) is 10.3. The number of aromatic nitrogens is 2. The van der Waals surface area contributed by atoms with Gasteiger partial charge in [-0.15, -0.1) is 0 Å². The molecule has 2 atom stereocenters. The third-order valence-corrected chi connectivity index (χ3v) is 4.75. The predicted molar refractivity (Wildman–Crippen MR) is 71.3 cm³/mol. The van der Waals surface area contributed by atoms with Gasteiger partial charge in [-0.3, -0.25) is 4.90 Å². The van der Waals surface area contributed by atoms with E-state index >= 15 is 0 Å². The standard InChI is InChI=1S/C12H20N4S/c1-9-6-16(2-3-17-9)7-10-4-11-12(5-13-10)15-8-14-11/h8-10,13H,2-7H2,1H3,(H,14,15). The van der Waals surface area contributed by atoms with Gasteiger partial charge in [0.05, 0.1) is 17.7 Å². The summed E-state index contributed by atoms with van der Waals surface area (Å²) in [5, 5.41) is 4.39. The molecule has 2 N–H and O–H groups in total. The van der Waals surface area contributed by atoms with E-state index in [1.54, 1.807) is 0 Å². The molecule has 0 bridgehead atoms. The van der Waals surface area contributed by atoms with Gasteiger partial charge < -0.3 is 10.3 Å². The first kappa shape index (κ1) is 11.6. The van der Waals surface area contributed by atoms with Gasteiger partial charge in [0, 0.05) is 49.6 Å². The zero-order valence-corrected chi connectivity index (χ0v) is 11.1. The Morgan fingerprint density at radius 2 is 2.53 bits per heavy atom. The number of nitrogens with one attached hydrogen (secondary N) is 2. The van der Waals surface area contributed by atoms with Gasteiger partial charge in [0.25, 0.3) is 0 Å². The molecule has 0 aliphatic carbocycles. The number of hydrogen-bond donors (Lipinski definition) is 2.